The second-order valence-corrected chi connectivity index (χ2v) is 7.38. The van der Waals surface area contributed by atoms with Gasteiger partial charge in [0, 0.05) is 17.9 Å². The Balaban J connectivity index is 2.01. The van der Waals surface area contributed by atoms with E-state index in [2.05, 4.69) is 5.16 Å². The zero-order valence-electron chi connectivity index (χ0n) is 17.2. The highest BCUT2D eigenvalue weighted by Crippen LogP contribution is 2.44. The van der Waals surface area contributed by atoms with Gasteiger partial charge in [-0.05, 0) is 60.7 Å². The van der Waals surface area contributed by atoms with Gasteiger partial charge < -0.3 is 26.5 Å². The number of amides is 2. The average molecular weight is 451 g/mol. The Bertz CT molecular complexity index is 1250. The number of nitrogens with zero attached hydrogens (tertiary/aromatic N) is 3. The minimum atomic E-state index is -0.864. The summed E-state index contributed by atoms with van der Waals surface area (Å²) in [5.41, 5.74) is 12.8. The number of anilines is 4. The van der Waals surface area contributed by atoms with Gasteiger partial charge in [-0.2, -0.15) is 0 Å². The third-order valence-electron chi connectivity index (χ3n) is 5.38. The lowest BCUT2D eigenvalue weighted by molar-refractivity contribution is 0.0967. The molecule has 3 aromatic carbocycles. The van der Waals surface area contributed by atoms with E-state index < -0.39 is 29.5 Å². The van der Waals surface area contributed by atoms with Crippen molar-refractivity contribution in [3.05, 3.63) is 83.4 Å². The minimum absolute atomic E-state index is 0.0818. The highest BCUT2D eigenvalue weighted by atomic mass is 19.1. The van der Waals surface area contributed by atoms with Crippen LogP contribution < -0.4 is 21.3 Å². The van der Waals surface area contributed by atoms with Gasteiger partial charge in [-0.3, -0.25) is 9.59 Å². The molecule has 0 spiro atoms. The largest absolute Gasteiger partial charge is 0.411 e. The molecular weight excluding hydrogens is 432 g/mol. The molecule has 2 amide bonds. The lowest BCUT2D eigenvalue weighted by Crippen LogP contribution is -2.46. The van der Waals surface area contributed by atoms with E-state index >= 15 is 0 Å². The summed E-state index contributed by atoms with van der Waals surface area (Å²) in [6.45, 7) is 0.203. The van der Waals surface area contributed by atoms with Crippen LogP contribution in [0.2, 0.25) is 0 Å². The van der Waals surface area contributed by atoms with Crippen molar-refractivity contribution in [1.82, 2.24) is 0 Å². The molecule has 0 aliphatic carbocycles. The third kappa shape index (κ3) is 4.05. The van der Waals surface area contributed by atoms with Crippen molar-refractivity contribution in [1.29, 1.82) is 0 Å². The number of carbonyl (C=O) groups excluding carboxylic acids is 2. The zero-order chi connectivity index (χ0) is 23.7. The number of rotatable bonds is 5. The first-order chi connectivity index (χ1) is 15.8. The molecule has 4 rings (SSSR count). The maximum absolute atomic E-state index is 13.6. The topological polar surface area (TPSA) is 125 Å². The maximum Gasteiger partial charge on any atom is 0.249 e. The van der Waals surface area contributed by atoms with Crippen molar-refractivity contribution in [2.24, 2.45) is 16.6 Å². The fourth-order valence-electron chi connectivity index (χ4n) is 3.93. The molecule has 10 heteroatoms. The lowest BCUT2D eigenvalue weighted by atomic mass is 9.98. The Kier molecular flexibility index (Phi) is 5.65. The number of carbonyl (C=O) groups is 2. The number of halogens is 2. The van der Waals surface area contributed by atoms with Gasteiger partial charge in [0.1, 0.15) is 11.6 Å². The first-order valence-corrected chi connectivity index (χ1v) is 9.83. The highest BCUT2D eigenvalue weighted by Gasteiger charge is 2.34. The molecule has 1 unspecified atom stereocenters. The maximum atomic E-state index is 13.6. The Morgan fingerprint density at radius 2 is 1.36 bits per heavy atom. The smallest absolute Gasteiger partial charge is 0.249 e. The lowest BCUT2D eigenvalue weighted by Gasteiger charge is -2.43. The molecule has 0 radical (unpaired) electrons. The van der Waals surface area contributed by atoms with Crippen molar-refractivity contribution in [2.75, 3.05) is 16.3 Å². The van der Waals surface area contributed by atoms with E-state index in [0.29, 0.717) is 22.7 Å². The summed E-state index contributed by atoms with van der Waals surface area (Å²) in [6.07, 6.45) is 1.27. The van der Waals surface area contributed by atoms with Crippen LogP contribution in [0.4, 0.5) is 31.5 Å². The summed E-state index contributed by atoms with van der Waals surface area (Å²) >= 11 is 0. The van der Waals surface area contributed by atoms with Gasteiger partial charge in [-0.25, -0.2) is 8.78 Å². The van der Waals surface area contributed by atoms with Gasteiger partial charge in [-0.1, -0.05) is 5.16 Å². The number of hydrogen-bond donors (Lipinski definition) is 3. The number of primary amides is 2. The van der Waals surface area contributed by atoms with Crippen molar-refractivity contribution in [3.8, 4) is 0 Å². The van der Waals surface area contributed by atoms with E-state index in [-0.39, 0.29) is 17.7 Å². The summed E-state index contributed by atoms with van der Waals surface area (Å²) in [4.78, 5) is 27.7. The Hall–Kier alpha value is -4.47. The molecule has 1 aliphatic heterocycles. The standard InChI is InChI=1S/C23H19F2N5O3/c24-13-1-5-15(6-2-13)29-12-17(11-28-33)30(16-7-3-14(25)4-8-16)21-10-19(23(27)32)18(22(26)31)9-20(21)29/h1-11,17,33H,12H2,(H2,26,31)(H2,27,32). The van der Waals surface area contributed by atoms with Gasteiger partial charge in [0.15, 0.2) is 0 Å². The Labute approximate surface area is 187 Å². The molecule has 1 atom stereocenters. The van der Waals surface area contributed by atoms with E-state index in [0.717, 1.165) is 0 Å². The predicted molar refractivity (Wildman–Crippen MR) is 119 cm³/mol. The van der Waals surface area contributed by atoms with Gasteiger partial charge in [0.05, 0.1) is 34.8 Å². The monoisotopic (exact) mass is 451 g/mol. The molecule has 0 saturated heterocycles. The minimum Gasteiger partial charge on any atom is -0.411 e. The SMILES string of the molecule is NC(=O)c1cc2c(cc1C(N)=O)N(c1ccc(F)cc1)C(C=NO)CN2c1ccc(F)cc1. The summed E-state index contributed by atoms with van der Waals surface area (Å²) in [5, 5.41) is 12.5. The van der Waals surface area contributed by atoms with E-state index in [9.17, 15) is 23.6 Å². The quantitative estimate of drug-likeness (QED) is 0.312. The van der Waals surface area contributed by atoms with Crippen LogP contribution in [0.15, 0.2) is 65.8 Å². The highest BCUT2D eigenvalue weighted by molar-refractivity contribution is 6.09. The molecule has 1 heterocycles. The molecule has 0 saturated carbocycles. The average Bonchev–Trinajstić information content (AvgIpc) is 2.79. The number of nitrogens with two attached hydrogens (primary N) is 2. The van der Waals surface area contributed by atoms with Crippen LogP contribution in [0, 0.1) is 11.6 Å². The Morgan fingerprint density at radius 1 is 0.879 bits per heavy atom. The number of hydrogen-bond acceptors (Lipinski definition) is 6. The normalized spacial score (nSPS) is 15.5. The van der Waals surface area contributed by atoms with Crippen LogP contribution in [-0.4, -0.2) is 35.8 Å². The van der Waals surface area contributed by atoms with Crippen LogP contribution in [-0.2, 0) is 0 Å². The van der Waals surface area contributed by atoms with Crippen molar-refractivity contribution < 1.29 is 23.6 Å². The molecule has 33 heavy (non-hydrogen) atoms. The molecule has 1 aliphatic rings. The predicted octanol–water partition coefficient (Wildman–Crippen LogP) is 3.28. The van der Waals surface area contributed by atoms with E-state index in [1.807, 2.05) is 0 Å². The summed E-state index contributed by atoms with van der Waals surface area (Å²) in [7, 11) is 0. The van der Waals surface area contributed by atoms with E-state index in [4.69, 9.17) is 11.5 Å². The van der Waals surface area contributed by atoms with Crippen LogP contribution in [0.5, 0.6) is 0 Å². The van der Waals surface area contributed by atoms with Crippen LogP contribution in [0.25, 0.3) is 0 Å². The van der Waals surface area contributed by atoms with Gasteiger partial charge in [0.25, 0.3) is 0 Å². The fourth-order valence-corrected chi connectivity index (χ4v) is 3.93. The first-order valence-electron chi connectivity index (χ1n) is 9.83. The Morgan fingerprint density at radius 3 is 1.85 bits per heavy atom. The van der Waals surface area contributed by atoms with Crippen molar-refractivity contribution >= 4 is 40.8 Å². The van der Waals surface area contributed by atoms with Gasteiger partial charge in [0.2, 0.25) is 11.8 Å². The van der Waals surface area contributed by atoms with Crippen LogP contribution in [0.3, 0.4) is 0 Å². The summed E-state index contributed by atoms with van der Waals surface area (Å²) < 4.78 is 27.1. The van der Waals surface area contributed by atoms with E-state index in [1.54, 1.807) is 21.9 Å². The molecular formula is C23H19F2N5O3. The fraction of sp³-hybridized carbons (Fsp3) is 0.0870. The van der Waals surface area contributed by atoms with Gasteiger partial charge >= 0.3 is 0 Å². The molecule has 3 aromatic rings. The summed E-state index contributed by atoms with van der Waals surface area (Å²) in [6, 6.07) is 13.5. The second-order valence-electron chi connectivity index (χ2n) is 7.38. The first kappa shape index (κ1) is 21.8. The van der Waals surface area contributed by atoms with Crippen LogP contribution >= 0.6 is 0 Å². The molecule has 5 N–H and O–H groups in total. The molecule has 0 bridgehead atoms. The molecule has 168 valence electrons. The molecule has 8 nitrogen and oxygen atoms in total. The second kappa shape index (κ2) is 8.58. The summed E-state index contributed by atoms with van der Waals surface area (Å²) in [5.74, 6) is -2.59. The van der Waals surface area contributed by atoms with Crippen molar-refractivity contribution in [3.63, 3.8) is 0 Å². The third-order valence-corrected chi connectivity index (χ3v) is 5.38. The van der Waals surface area contributed by atoms with Crippen molar-refractivity contribution in [2.45, 2.75) is 6.04 Å². The molecule has 0 aromatic heterocycles. The number of fused-ring (bicyclic) bond motifs is 1. The number of benzene rings is 3. The van der Waals surface area contributed by atoms with Crippen LogP contribution in [0.1, 0.15) is 20.7 Å². The molecule has 0 fully saturated rings. The van der Waals surface area contributed by atoms with E-state index in [1.165, 1.54) is 54.7 Å². The zero-order valence-corrected chi connectivity index (χ0v) is 17.2. The van der Waals surface area contributed by atoms with Gasteiger partial charge in [-0.15, -0.1) is 0 Å². The number of oxime groups is 1.